The molecule has 0 radical (unpaired) electrons. The lowest BCUT2D eigenvalue weighted by Crippen LogP contribution is -2.31. The second-order valence-corrected chi connectivity index (χ2v) is 4.65. The predicted octanol–water partition coefficient (Wildman–Crippen LogP) is 3.58. The van der Waals surface area contributed by atoms with E-state index in [0.29, 0.717) is 19.9 Å². The van der Waals surface area contributed by atoms with Crippen LogP contribution in [0.5, 0.6) is 11.5 Å². The fourth-order valence-electron chi connectivity index (χ4n) is 2.30. The molecule has 104 valence electrons. The molecule has 2 aromatic rings. The lowest BCUT2D eigenvalue weighted by molar-refractivity contribution is 0.288. The van der Waals surface area contributed by atoms with Gasteiger partial charge in [0.1, 0.15) is 17.3 Å². The average Bonchev–Trinajstić information content (AvgIpc) is 2.47. The lowest BCUT2D eigenvalue weighted by Gasteiger charge is -2.30. The van der Waals surface area contributed by atoms with Crippen molar-refractivity contribution in [2.75, 3.05) is 18.2 Å². The first-order valence-corrected chi connectivity index (χ1v) is 6.65. The van der Waals surface area contributed by atoms with Gasteiger partial charge in [-0.2, -0.15) is 0 Å². The molecule has 20 heavy (non-hydrogen) atoms. The van der Waals surface area contributed by atoms with E-state index in [-0.39, 0.29) is 5.82 Å². The zero-order valence-electron chi connectivity index (χ0n) is 11.3. The van der Waals surface area contributed by atoms with E-state index in [2.05, 4.69) is 4.90 Å². The van der Waals surface area contributed by atoms with E-state index in [9.17, 15) is 4.39 Å². The van der Waals surface area contributed by atoms with Crippen molar-refractivity contribution in [1.29, 1.82) is 0 Å². The second kappa shape index (κ2) is 5.41. The molecule has 0 aromatic heterocycles. The summed E-state index contributed by atoms with van der Waals surface area (Å²) >= 11 is 0. The molecule has 0 bridgehead atoms. The van der Waals surface area contributed by atoms with E-state index in [1.165, 1.54) is 12.1 Å². The van der Waals surface area contributed by atoms with Gasteiger partial charge in [0.2, 0.25) is 0 Å². The zero-order chi connectivity index (χ0) is 13.9. The van der Waals surface area contributed by atoms with Gasteiger partial charge in [-0.3, -0.25) is 0 Å². The Bertz CT molecular complexity index is 598. The minimum absolute atomic E-state index is 0.235. The number of halogens is 1. The molecule has 1 aliphatic heterocycles. The molecule has 4 heteroatoms. The Labute approximate surface area is 117 Å². The first kappa shape index (κ1) is 12.8. The van der Waals surface area contributed by atoms with Crippen LogP contribution in [0.4, 0.5) is 10.1 Å². The molecule has 1 heterocycles. The van der Waals surface area contributed by atoms with Crippen molar-refractivity contribution in [3.63, 3.8) is 0 Å². The Balaban J connectivity index is 1.79. The molecular formula is C16H16FNO2. The molecule has 0 unspecified atom stereocenters. The standard InChI is InChI=1S/C16H16FNO2/c1-2-19-15-6-4-14(5-7-15)18-10-12-9-13(17)3-8-16(12)20-11-18/h3-9H,2,10-11H2,1H3. The van der Waals surface area contributed by atoms with Crippen LogP contribution in [-0.4, -0.2) is 13.3 Å². The topological polar surface area (TPSA) is 21.7 Å². The van der Waals surface area contributed by atoms with Crippen molar-refractivity contribution in [3.8, 4) is 11.5 Å². The first-order chi connectivity index (χ1) is 9.76. The van der Waals surface area contributed by atoms with Gasteiger partial charge in [0.15, 0.2) is 6.73 Å². The third-order valence-corrected chi connectivity index (χ3v) is 3.27. The van der Waals surface area contributed by atoms with E-state index >= 15 is 0 Å². The molecule has 0 atom stereocenters. The number of hydrogen-bond donors (Lipinski definition) is 0. The highest BCUT2D eigenvalue weighted by atomic mass is 19.1. The smallest absolute Gasteiger partial charge is 0.161 e. The monoisotopic (exact) mass is 273 g/mol. The predicted molar refractivity (Wildman–Crippen MR) is 75.7 cm³/mol. The van der Waals surface area contributed by atoms with Crippen LogP contribution in [0.2, 0.25) is 0 Å². The molecule has 0 N–H and O–H groups in total. The van der Waals surface area contributed by atoms with Crippen LogP contribution in [0.15, 0.2) is 42.5 Å². The molecule has 0 saturated carbocycles. The molecule has 3 rings (SSSR count). The van der Waals surface area contributed by atoms with Crippen LogP contribution >= 0.6 is 0 Å². The van der Waals surface area contributed by atoms with E-state index < -0.39 is 0 Å². The normalized spacial score (nSPS) is 13.6. The van der Waals surface area contributed by atoms with Crippen LogP contribution in [-0.2, 0) is 6.54 Å². The molecule has 0 saturated heterocycles. The Morgan fingerprint density at radius 2 is 2.00 bits per heavy atom. The summed E-state index contributed by atoms with van der Waals surface area (Å²) in [5.41, 5.74) is 1.90. The van der Waals surface area contributed by atoms with E-state index in [1.807, 2.05) is 31.2 Å². The number of nitrogens with zero attached hydrogens (tertiary/aromatic N) is 1. The van der Waals surface area contributed by atoms with Crippen molar-refractivity contribution in [2.45, 2.75) is 13.5 Å². The third-order valence-electron chi connectivity index (χ3n) is 3.27. The number of rotatable bonds is 3. The van der Waals surface area contributed by atoms with Gasteiger partial charge in [0.05, 0.1) is 6.61 Å². The minimum Gasteiger partial charge on any atom is -0.494 e. The number of ether oxygens (including phenoxy) is 2. The van der Waals surface area contributed by atoms with Crippen molar-refractivity contribution in [1.82, 2.24) is 0 Å². The maximum absolute atomic E-state index is 13.3. The Morgan fingerprint density at radius 3 is 2.75 bits per heavy atom. The van der Waals surface area contributed by atoms with Crippen molar-refractivity contribution in [2.24, 2.45) is 0 Å². The van der Waals surface area contributed by atoms with Gasteiger partial charge in [-0.25, -0.2) is 4.39 Å². The van der Waals surface area contributed by atoms with Gasteiger partial charge >= 0.3 is 0 Å². The molecule has 1 aliphatic rings. The summed E-state index contributed by atoms with van der Waals surface area (Å²) in [7, 11) is 0. The summed E-state index contributed by atoms with van der Waals surface area (Å²) < 4.78 is 24.3. The van der Waals surface area contributed by atoms with Gasteiger partial charge in [0, 0.05) is 17.8 Å². The summed E-state index contributed by atoms with van der Waals surface area (Å²) in [5.74, 6) is 1.37. The molecule has 0 amide bonds. The quantitative estimate of drug-likeness (QED) is 0.853. The van der Waals surface area contributed by atoms with Gasteiger partial charge < -0.3 is 14.4 Å². The van der Waals surface area contributed by atoms with Gasteiger partial charge in [-0.05, 0) is 49.4 Å². The van der Waals surface area contributed by atoms with Gasteiger partial charge in [0.25, 0.3) is 0 Å². The largest absolute Gasteiger partial charge is 0.494 e. The van der Waals surface area contributed by atoms with Crippen LogP contribution in [0.1, 0.15) is 12.5 Å². The third kappa shape index (κ3) is 2.54. The average molecular weight is 273 g/mol. The summed E-state index contributed by atoms with van der Waals surface area (Å²) in [5, 5.41) is 0. The van der Waals surface area contributed by atoms with E-state index in [0.717, 1.165) is 22.7 Å². The number of hydrogen-bond acceptors (Lipinski definition) is 3. The van der Waals surface area contributed by atoms with Crippen LogP contribution < -0.4 is 14.4 Å². The summed E-state index contributed by atoms with van der Waals surface area (Å²) in [6, 6.07) is 12.5. The van der Waals surface area contributed by atoms with Crippen molar-refractivity contribution in [3.05, 3.63) is 53.8 Å². The lowest BCUT2D eigenvalue weighted by atomic mass is 10.1. The summed E-state index contributed by atoms with van der Waals surface area (Å²) in [6.07, 6.45) is 0. The summed E-state index contributed by atoms with van der Waals surface area (Å²) in [4.78, 5) is 2.05. The molecule has 0 aliphatic carbocycles. The van der Waals surface area contributed by atoms with Crippen LogP contribution in [0.25, 0.3) is 0 Å². The molecule has 0 spiro atoms. The highest BCUT2D eigenvalue weighted by Crippen LogP contribution is 2.29. The number of fused-ring (bicyclic) bond motifs is 1. The minimum atomic E-state index is -0.235. The zero-order valence-corrected chi connectivity index (χ0v) is 11.3. The number of benzene rings is 2. The Morgan fingerprint density at radius 1 is 1.20 bits per heavy atom. The van der Waals surface area contributed by atoms with Gasteiger partial charge in [-0.1, -0.05) is 0 Å². The van der Waals surface area contributed by atoms with E-state index in [1.54, 1.807) is 6.07 Å². The fourth-order valence-corrected chi connectivity index (χ4v) is 2.30. The van der Waals surface area contributed by atoms with Crippen molar-refractivity contribution >= 4 is 5.69 Å². The molecule has 0 fully saturated rings. The summed E-state index contributed by atoms with van der Waals surface area (Å²) in [6.45, 7) is 3.71. The van der Waals surface area contributed by atoms with Crippen molar-refractivity contribution < 1.29 is 13.9 Å². The van der Waals surface area contributed by atoms with E-state index in [4.69, 9.17) is 9.47 Å². The van der Waals surface area contributed by atoms with Crippen LogP contribution in [0, 0.1) is 5.82 Å². The van der Waals surface area contributed by atoms with Crippen LogP contribution in [0.3, 0.4) is 0 Å². The molecule has 2 aromatic carbocycles. The SMILES string of the molecule is CCOc1ccc(N2COc3ccc(F)cc3C2)cc1. The Hall–Kier alpha value is -2.23. The number of anilines is 1. The second-order valence-electron chi connectivity index (χ2n) is 4.65. The molecular weight excluding hydrogens is 257 g/mol. The van der Waals surface area contributed by atoms with Gasteiger partial charge in [-0.15, -0.1) is 0 Å². The Kier molecular flexibility index (Phi) is 3.46. The molecule has 3 nitrogen and oxygen atoms in total. The highest BCUT2D eigenvalue weighted by molar-refractivity contribution is 5.51. The fraction of sp³-hybridized carbons (Fsp3) is 0.250. The first-order valence-electron chi connectivity index (χ1n) is 6.65. The maximum Gasteiger partial charge on any atom is 0.161 e. The maximum atomic E-state index is 13.3. The highest BCUT2D eigenvalue weighted by Gasteiger charge is 2.18.